The molecule has 0 fully saturated rings. The second-order valence-electron chi connectivity index (χ2n) is 4.03. The highest BCUT2D eigenvalue weighted by atomic mass is 35.5. The Hall–Kier alpha value is -1.17. The van der Waals surface area contributed by atoms with Crippen LogP contribution in [0.3, 0.4) is 0 Å². The fourth-order valence-electron chi connectivity index (χ4n) is 1.39. The van der Waals surface area contributed by atoms with Crippen LogP contribution in [0.5, 0.6) is 0 Å². The fraction of sp³-hybridized carbons (Fsp3) is 0.417. The average molecular weight is 276 g/mol. The zero-order valence-corrected chi connectivity index (χ0v) is 10.7. The molecule has 0 spiro atoms. The molecule has 0 aliphatic heterocycles. The van der Waals surface area contributed by atoms with Crippen molar-refractivity contribution in [3.8, 4) is 0 Å². The minimum absolute atomic E-state index is 0.0716. The number of hydrogen-bond acceptors (Lipinski definition) is 3. The molecule has 100 valence electrons. The van der Waals surface area contributed by atoms with Gasteiger partial charge in [0, 0.05) is 5.56 Å². The maximum Gasteiger partial charge on any atom is 0.251 e. The summed E-state index contributed by atoms with van der Waals surface area (Å²) >= 11 is 5.51. The lowest BCUT2D eigenvalue weighted by Crippen LogP contribution is -2.53. The smallest absolute Gasteiger partial charge is 0.251 e. The van der Waals surface area contributed by atoms with Crippen LogP contribution in [0.2, 0.25) is 5.02 Å². The molecule has 0 aliphatic carbocycles. The Balaban J connectivity index is 2.90. The summed E-state index contributed by atoms with van der Waals surface area (Å²) in [5.41, 5.74) is -1.02. The summed E-state index contributed by atoms with van der Waals surface area (Å²) in [6, 6.07) is 3.65. The fourth-order valence-corrected chi connectivity index (χ4v) is 1.51. The maximum absolute atomic E-state index is 13.2. The van der Waals surface area contributed by atoms with Gasteiger partial charge in [0.15, 0.2) is 0 Å². The van der Waals surface area contributed by atoms with Crippen molar-refractivity contribution in [3.05, 3.63) is 34.6 Å². The van der Waals surface area contributed by atoms with E-state index in [1.807, 2.05) is 0 Å². The van der Waals surface area contributed by atoms with Crippen LogP contribution >= 0.6 is 11.6 Å². The van der Waals surface area contributed by atoms with E-state index in [2.05, 4.69) is 5.32 Å². The van der Waals surface area contributed by atoms with Gasteiger partial charge in [0.1, 0.15) is 5.82 Å². The minimum Gasteiger partial charge on any atom is -0.394 e. The van der Waals surface area contributed by atoms with Gasteiger partial charge in [0.2, 0.25) is 0 Å². The Kier molecular flexibility index (Phi) is 5.07. The van der Waals surface area contributed by atoms with E-state index in [9.17, 15) is 19.4 Å². The zero-order valence-electron chi connectivity index (χ0n) is 9.91. The Labute approximate surface area is 109 Å². The monoisotopic (exact) mass is 275 g/mol. The van der Waals surface area contributed by atoms with Gasteiger partial charge in [0.05, 0.1) is 23.8 Å². The first kappa shape index (κ1) is 14.9. The van der Waals surface area contributed by atoms with Crippen LogP contribution in [0.15, 0.2) is 18.2 Å². The summed E-state index contributed by atoms with van der Waals surface area (Å²) in [5, 5.41) is 20.8. The molecule has 0 saturated carbocycles. The minimum atomic E-state index is -1.10. The van der Waals surface area contributed by atoms with E-state index in [-0.39, 0.29) is 10.6 Å². The summed E-state index contributed by atoms with van der Waals surface area (Å²) < 4.78 is 13.2. The molecule has 0 atom stereocenters. The van der Waals surface area contributed by atoms with Gasteiger partial charge in [-0.25, -0.2) is 4.39 Å². The van der Waals surface area contributed by atoms with E-state index in [1.165, 1.54) is 12.1 Å². The number of halogens is 2. The Bertz CT molecular complexity index is 427. The van der Waals surface area contributed by atoms with E-state index >= 15 is 0 Å². The average Bonchev–Trinajstić information content (AvgIpc) is 2.39. The highest BCUT2D eigenvalue weighted by Crippen LogP contribution is 2.17. The van der Waals surface area contributed by atoms with Crippen molar-refractivity contribution in [2.45, 2.75) is 18.9 Å². The Morgan fingerprint density at radius 3 is 2.50 bits per heavy atom. The van der Waals surface area contributed by atoms with Gasteiger partial charge in [-0.15, -0.1) is 0 Å². The molecule has 1 aromatic rings. The normalized spacial score (nSPS) is 11.4. The van der Waals surface area contributed by atoms with Crippen LogP contribution in [0.1, 0.15) is 23.7 Å². The summed E-state index contributed by atoms with van der Waals surface area (Å²) in [6.07, 6.45) is 0.349. The number of rotatable bonds is 5. The van der Waals surface area contributed by atoms with Crippen molar-refractivity contribution in [3.63, 3.8) is 0 Å². The number of nitrogens with one attached hydrogen (secondary N) is 1. The lowest BCUT2D eigenvalue weighted by atomic mass is 9.98. The molecule has 1 rings (SSSR count). The maximum atomic E-state index is 13.2. The standard InChI is InChI=1S/C12H15ClFNO3/c1-2-12(6-16,7-17)15-11(18)8-3-4-9(13)10(14)5-8/h3-5,16-17H,2,6-7H2,1H3,(H,15,18). The number of carbonyl (C=O) groups excluding carboxylic acids is 1. The predicted octanol–water partition coefficient (Wildman–Crippen LogP) is 1.34. The molecule has 0 saturated heterocycles. The van der Waals surface area contributed by atoms with Crippen LogP contribution < -0.4 is 5.32 Å². The third-order valence-electron chi connectivity index (χ3n) is 2.84. The zero-order chi connectivity index (χ0) is 13.8. The van der Waals surface area contributed by atoms with Crippen molar-refractivity contribution in [1.29, 1.82) is 0 Å². The molecule has 1 aromatic carbocycles. The molecule has 0 bridgehead atoms. The van der Waals surface area contributed by atoms with E-state index in [0.29, 0.717) is 6.42 Å². The summed E-state index contributed by atoms with van der Waals surface area (Å²) in [4.78, 5) is 11.9. The first-order valence-corrected chi connectivity index (χ1v) is 5.85. The van der Waals surface area contributed by atoms with Gasteiger partial charge in [-0.3, -0.25) is 4.79 Å². The first-order chi connectivity index (χ1) is 8.48. The number of hydrogen-bond donors (Lipinski definition) is 3. The number of aliphatic hydroxyl groups is 2. The molecule has 3 N–H and O–H groups in total. The lowest BCUT2D eigenvalue weighted by Gasteiger charge is -2.29. The highest BCUT2D eigenvalue weighted by Gasteiger charge is 2.29. The van der Waals surface area contributed by atoms with Gasteiger partial charge in [-0.2, -0.15) is 0 Å². The third kappa shape index (κ3) is 3.19. The van der Waals surface area contributed by atoms with Crippen molar-refractivity contribution in [1.82, 2.24) is 5.32 Å². The van der Waals surface area contributed by atoms with E-state index in [0.717, 1.165) is 6.07 Å². The van der Waals surface area contributed by atoms with Crippen molar-refractivity contribution in [2.24, 2.45) is 0 Å². The van der Waals surface area contributed by atoms with Crippen LogP contribution in [0, 0.1) is 5.82 Å². The largest absolute Gasteiger partial charge is 0.394 e. The van der Waals surface area contributed by atoms with Gasteiger partial charge < -0.3 is 15.5 Å². The van der Waals surface area contributed by atoms with Gasteiger partial charge in [0.25, 0.3) is 5.91 Å². The molecule has 18 heavy (non-hydrogen) atoms. The van der Waals surface area contributed by atoms with Gasteiger partial charge in [-0.1, -0.05) is 18.5 Å². The first-order valence-electron chi connectivity index (χ1n) is 5.47. The number of carbonyl (C=O) groups is 1. The molecule has 4 nitrogen and oxygen atoms in total. The SMILES string of the molecule is CCC(CO)(CO)NC(=O)c1ccc(Cl)c(F)c1. The molecule has 0 aromatic heterocycles. The molecular formula is C12H15ClFNO3. The predicted molar refractivity (Wildman–Crippen MR) is 66.1 cm³/mol. The van der Waals surface area contributed by atoms with E-state index in [4.69, 9.17) is 11.6 Å². The lowest BCUT2D eigenvalue weighted by molar-refractivity contribution is 0.0652. The molecule has 0 aliphatic rings. The van der Waals surface area contributed by atoms with E-state index < -0.39 is 30.5 Å². The topological polar surface area (TPSA) is 69.6 Å². The molecule has 0 radical (unpaired) electrons. The quantitative estimate of drug-likeness (QED) is 0.760. The van der Waals surface area contributed by atoms with Crippen LogP contribution in [0.4, 0.5) is 4.39 Å². The van der Waals surface area contributed by atoms with Gasteiger partial charge >= 0.3 is 0 Å². The van der Waals surface area contributed by atoms with Crippen molar-refractivity contribution in [2.75, 3.05) is 13.2 Å². The molecular weight excluding hydrogens is 261 g/mol. The molecule has 6 heteroatoms. The number of benzene rings is 1. The van der Waals surface area contributed by atoms with Crippen LogP contribution in [-0.4, -0.2) is 34.9 Å². The second-order valence-corrected chi connectivity index (χ2v) is 4.44. The third-order valence-corrected chi connectivity index (χ3v) is 3.15. The van der Waals surface area contributed by atoms with Crippen molar-refractivity contribution >= 4 is 17.5 Å². The van der Waals surface area contributed by atoms with Crippen LogP contribution in [0.25, 0.3) is 0 Å². The summed E-state index contributed by atoms with van der Waals surface area (Å²) in [5.74, 6) is -1.27. The Morgan fingerprint density at radius 1 is 1.44 bits per heavy atom. The molecule has 1 amide bonds. The molecule has 0 unspecified atom stereocenters. The Morgan fingerprint density at radius 2 is 2.06 bits per heavy atom. The van der Waals surface area contributed by atoms with Crippen LogP contribution in [-0.2, 0) is 0 Å². The number of aliphatic hydroxyl groups excluding tert-OH is 2. The molecule has 0 heterocycles. The summed E-state index contributed by atoms with van der Waals surface area (Å²) in [6.45, 7) is 0.915. The summed E-state index contributed by atoms with van der Waals surface area (Å²) in [7, 11) is 0. The number of amides is 1. The van der Waals surface area contributed by atoms with Gasteiger partial charge in [-0.05, 0) is 24.6 Å². The van der Waals surface area contributed by atoms with E-state index in [1.54, 1.807) is 6.92 Å². The second kappa shape index (κ2) is 6.13. The van der Waals surface area contributed by atoms with Crippen molar-refractivity contribution < 1.29 is 19.4 Å². The highest BCUT2D eigenvalue weighted by molar-refractivity contribution is 6.30.